The topological polar surface area (TPSA) is 84.6 Å². The van der Waals surface area contributed by atoms with E-state index in [1.165, 1.54) is 0 Å². The molecule has 4 nitrogen and oxygen atoms in total. The molecule has 0 unspecified atom stereocenters. The van der Waals surface area contributed by atoms with E-state index in [0.29, 0.717) is 0 Å². The summed E-state index contributed by atoms with van der Waals surface area (Å²) < 4.78 is 1.13. The van der Waals surface area contributed by atoms with E-state index in [1.807, 2.05) is 24.3 Å². The molecule has 0 fully saturated rings. The van der Waals surface area contributed by atoms with Crippen molar-refractivity contribution in [1.82, 2.24) is 0 Å². The van der Waals surface area contributed by atoms with Crippen molar-refractivity contribution in [1.29, 1.82) is 0 Å². The zero-order chi connectivity index (χ0) is 10.6. The van der Waals surface area contributed by atoms with Crippen molar-refractivity contribution in [2.75, 3.05) is 6.54 Å². The van der Waals surface area contributed by atoms with Crippen LogP contribution in [-0.4, -0.2) is 17.6 Å². The first-order valence-electron chi connectivity index (χ1n) is 4.08. The number of hydrogen-bond acceptors (Lipinski definition) is 2. The SMILES string of the molecule is NC(N)=NC[C@H](O)c1ccc(I)cc1. The van der Waals surface area contributed by atoms with Crippen LogP contribution in [0.3, 0.4) is 0 Å². The van der Waals surface area contributed by atoms with Gasteiger partial charge >= 0.3 is 0 Å². The van der Waals surface area contributed by atoms with Gasteiger partial charge in [0.2, 0.25) is 0 Å². The first-order chi connectivity index (χ1) is 6.59. The van der Waals surface area contributed by atoms with Crippen LogP contribution in [-0.2, 0) is 0 Å². The molecule has 0 saturated carbocycles. The summed E-state index contributed by atoms with van der Waals surface area (Å²) in [4.78, 5) is 3.74. The Hall–Kier alpha value is -0.820. The lowest BCUT2D eigenvalue weighted by Crippen LogP contribution is -2.23. The summed E-state index contributed by atoms with van der Waals surface area (Å²) >= 11 is 2.20. The van der Waals surface area contributed by atoms with Crippen molar-refractivity contribution < 1.29 is 5.11 Å². The van der Waals surface area contributed by atoms with Crippen molar-refractivity contribution >= 4 is 28.6 Å². The molecular weight excluding hydrogens is 293 g/mol. The summed E-state index contributed by atoms with van der Waals surface area (Å²) in [6.07, 6.45) is -0.644. The summed E-state index contributed by atoms with van der Waals surface area (Å²) in [5.74, 6) is -0.00504. The molecule has 1 rings (SSSR count). The monoisotopic (exact) mass is 305 g/mol. The summed E-state index contributed by atoms with van der Waals surface area (Å²) in [5.41, 5.74) is 11.1. The third-order valence-electron chi connectivity index (χ3n) is 1.70. The Morgan fingerprint density at radius 2 is 1.93 bits per heavy atom. The molecule has 1 aromatic rings. The molecule has 0 aliphatic carbocycles. The van der Waals surface area contributed by atoms with Gasteiger partial charge < -0.3 is 16.6 Å². The lowest BCUT2D eigenvalue weighted by molar-refractivity contribution is 0.187. The highest BCUT2D eigenvalue weighted by atomic mass is 127. The fraction of sp³-hybridized carbons (Fsp3) is 0.222. The molecule has 5 heteroatoms. The number of guanidine groups is 1. The van der Waals surface area contributed by atoms with Crippen molar-refractivity contribution in [2.24, 2.45) is 16.5 Å². The first kappa shape index (κ1) is 11.3. The molecule has 14 heavy (non-hydrogen) atoms. The van der Waals surface area contributed by atoms with Crippen molar-refractivity contribution in [3.63, 3.8) is 0 Å². The standard InChI is InChI=1S/C9H12IN3O/c10-7-3-1-6(2-4-7)8(14)5-13-9(11)12/h1-4,8,14H,5H2,(H4,11,12,13)/t8-/m0/s1. The van der Waals surface area contributed by atoms with E-state index in [2.05, 4.69) is 27.6 Å². The average molecular weight is 305 g/mol. The Balaban J connectivity index is 2.65. The van der Waals surface area contributed by atoms with Gasteiger partial charge in [-0.05, 0) is 40.3 Å². The van der Waals surface area contributed by atoms with E-state index in [1.54, 1.807) is 0 Å². The summed E-state index contributed by atoms with van der Waals surface area (Å²) in [7, 11) is 0. The largest absolute Gasteiger partial charge is 0.386 e. The smallest absolute Gasteiger partial charge is 0.186 e. The van der Waals surface area contributed by atoms with Gasteiger partial charge in [-0.1, -0.05) is 12.1 Å². The second-order valence-corrected chi connectivity index (χ2v) is 4.08. The Bertz CT molecular complexity index is 319. The Labute approximate surface area is 96.2 Å². The lowest BCUT2D eigenvalue weighted by Gasteiger charge is -2.07. The minimum atomic E-state index is -0.644. The van der Waals surface area contributed by atoms with Gasteiger partial charge in [0.1, 0.15) is 0 Å². The van der Waals surface area contributed by atoms with Gasteiger partial charge in [-0.3, -0.25) is 4.99 Å². The molecule has 0 aliphatic rings. The number of benzene rings is 1. The Morgan fingerprint density at radius 1 is 1.36 bits per heavy atom. The summed E-state index contributed by atoms with van der Waals surface area (Å²) in [6.45, 7) is 0.197. The quantitative estimate of drug-likeness (QED) is 0.434. The fourth-order valence-electron chi connectivity index (χ4n) is 0.982. The van der Waals surface area contributed by atoms with Gasteiger partial charge in [0.25, 0.3) is 0 Å². The molecule has 0 heterocycles. The van der Waals surface area contributed by atoms with Gasteiger partial charge in [0.05, 0.1) is 12.6 Å². The average Bonchev–Trinajstić information content (AvgIpc) is 2.15. The highest BCUT2D eigenvalue weighted by Gasteiger charge is 2.05. The minimum absolute atomic E-state index is 0.00504. The number of aliphatic hydroxyl groups is 1. The number of nitrogens with two attached hydrogens (primary N) is 2. The van der Waals surface area contributed by atoms with Crippen LogP contribution in [0.25, 0.3) is 0 Å². The molecule has 0 spiro atoms. The zero-order valence-corrected chi connectivity index (χ0v) is 9.68. The Kier molecular flexibility index (Phi) is 4.15. The van der Waals surface area contributed by atoms with Crippen LogP contribution >= 0.6 is 22.6 Å². The van der Waals surface area contributed by atoms with Gasteiger partial charge in [0.15, 0.2) is 5.96 Å². The van der Waals surface area contributed by atoms with E-state index in [-0.39, 0.29) is 12.5 Å². The van der Waals surface area contributed by atoms with Crippen LogP contribution in [0.15, 0.2) is 29.3 Å². The van der Waals surface area contributed by atoms with Crippen molar-refractivity contribution in [2.45, 2.75) is 6.10 Å². The molecule has 0 bridgehead atoms. The van der Waals surface area contributed by atoms with Crippen LogP contribution in [0.4, 0.5) is 0 Å². The van der Waals surface area contributed by atoms with Crippen LogP contribution in [0.5, 0.6) is 0 Å². The number of hydrogen-bond donors (Lipinski definition) is 3. The molecule has 0 radical (unpaired) electrons. The molecule has 1 atom stereocenters. The van der Waals surface area contributed by atoms with Gasteiger partial charge in [-0.15, -0.1) is 0 Å². The maximum absolute atomic E-state index is 9.64. The van der Waals surface area contributed by atoms with Crippen molar-refractivity contribution in [3.8, 4) is 0 Å². The number of rotatable bonds is 3. The van der Waals surface area contributed by atoms with Crippen molar-refractivity contribution in [3.05, 3.63) is 33.4 Å². The van der Waals surface area contributed by atoms with Crippen LogP contribution in [0, 0.1) is 3.57 Å². The van der Waals surface area contributed by atoms with E-state index in [9.17, 15) is 5.11 Å². The highest BCUT2D eigenvalue weighted by molar-refractivity contribution is 14.1. The van der Waals surface area contributed by atoms with Gasteiger partial charge in [-0.2, -0.15) is 0 Å². The van der Waals surface area contributed by atoms with E-state index < -0.39 is 6.10 Å². The minimum Gasteiger partial charge on any atom is -0.386 e. The maximum atomic E-state index is 9.64. The fourth-order valence-corrected chi connectivity index (χ4v) is 1.34. The number of halogens is 1. The van der Waals surface area contributed by atoms with E-state index in [0.717, 1.165) is 9.13 Å². The number of aliphatic hydroxyl groups excluding tert-OH is 1. The Morgan fingerprint density at radius 3 is 2.43 bits per heavy atom. The second-order valence-electron chi connectivity index (χ2n) is 2.83. The predicted octanol–water partition coefficient (Wildman–Crippen LogP) is 0.598. The lowest BCUT2D eigenvalue weighted by atomic mass is 10.1. The van der Waals surface area contributed by atoms with Gasteiger partial charge in [0, 0.05) is 3.57 Å². The van der Waals surface area contributed by atoms with E-state index >= 15 is 0 Å². The molecular formula is C9H12IN3O. The third-order valence-corrected chi connectivity index (χ3v) is 2.42. The maximum Gasteiger partial charge on any atom is 0.186 e. The first-order valence-corrected chi connectivity index (χ1v) is 5.16. The van der Waals surface area contributed by atoms with Crippen LogP contribution in [0.1, 0.15) is 11.7 Å². The molecule has 0 saturated heterocycles. The molecule has 1 aromatic carbocycles. The van der Waals surface area contributed by atoms with Gasteiger partial charge in [-0.25, -0.2) is 0 Å². The molecule has 5 N–H and O–H groups in total. The van der Waals surface area contributed by atoms with Crippen LogP contribution in [0.2, 0.25) is 0 Å². The molecule has 0 aromatic heterocycles. The van der Waals surface area contributed by atoms with E-state index in [4.69, 9.17) is 11.5 Å². The molecule has 0 aliphatic heterocycles. The number of aliphatic imine (C=N–C) groups is 1. The number of nitrogens with zero attached hydrogens (tertiary/aromatic N) is 1. The molecule has 0 amide bonds. The summed E-state index contributed by atoms with van der Waals surface area (Å²) in [6, 6.07) is 7.56. The second kappa shape index (κ2) is 5.16. The molecule has 76 valence electrons. The third kappa shape index (κ3) is 3.51. The van der Waals surface area contributed by atoms with Crippen LogP contribution < -0.4 is 11.5 Å². The highest BCUT2D eigenvalue weighted by Crippen LogP contribution is 2.14. The predicted molar refractivity (Wildman–Crippen MR) is 64.8 cm³/mol. The zero-order valence-electron chi connectivity index (χ0n) is 7.52. The normalized spacial score (nSPS) is 12.1. The summed E-state index contributed by atoms with van der Waals surface area (Å²) in [5, 5.41) is 9.64.